The molecule has 16 aromatic rings. The van der Waals surface area contributed by atoms with Crippen LogP contribution in [0.25, 0.3) is 21.8 Å². The SMILES string of the molecule is COc1cc2c(cc1Nc1cc(Nc3cc(Cl)ccn3)ncn1)C=NC2.COc1cc2c(cc1Nc1cc(Nc3cc(Cl)ccn3)ncn1)C=NC2.COc1cc2c(cnn2C(=O)OC(C)(C)C)cc1Br.COc1cc2c(cnn2C(=O)OC(C)(C)C)cc1Nc1cc(Nc2cc(Cl)ccn2)ncn1.Fc1cc(Cl)ccn1.Nc1cc(N)ncn1.Nc1cc(Nc2cc(Cl)ccn2)ncn1. The van der Waals surface area contributed by atoms with Crippen LogP contribution in [0.2, 0.25) is 25.1 Å². The van der Waals surface area contributed by atoms with E-state index in [9.17, 15) is 14.0 Å². The zero-order valence-corrected chi connectivity index (χ0v) is 78.7. The quantitative estimate of drug-likeness (QED) is 0.0357. The number of ether oxygens (including phenoxy) is 6. The van der Waals surface area contributed by atoms with Crippen LogP contribution in [0.5, 0.6) is 23.0 Å². The molecule has 0 spiro atoms. The van der Waals surface area contributed by atoms with Gasteiger partial charge in [0.1, 0.15) is 147 Å². The van der Waals surface area contributed by atoms with E-state index < -0.39 is 29.3 Å². The molecule has 2 aliphatic heterocycles. The summed E-state index contributed by atoms with van der Waals surface area (Å²) in [7, 11) is 6.39. The molecule has 692 valence electrons. The van der Waals surface area contributed by atoms with Gasteiger partial charge in [-0.15, -0.1) is 0 Å². The van der Waals surface area contributed by atoms with Crippen molar-refractivity contribution in [1.82, 2.24) is 94.3 Å². The fourth-order valence-corrected chi connectivity index (χ4v) is 13.0. The lowest BCUT2D eigenvalue weighted by atomic mass is 10.1. The maximum Gasteiger partial charge on any atom is 0.435 e. The average molecular weight is 1990 g/mol. The Morgan fingerprint density at radius 2 is 0.667 bits per heavy atom. The first-order valence-electron chi connectivity index (χ1n) is 39.9. The van der Waals surface area contributed by atoms with Gasteiger partial charge >= 0.3 is 12.2 Å². The number of carbonyl (C=O) groups is 2. The van der Waals surface area contributed by atoms with Gasteiger partial charge in [0, 0.05) is 128 Å². The average Bonchev–Trinajstić information content (AvgIpc) is 1.63. The number of aliphatic imine (C=N–C) groups is 2. The molecule has 135 heavy (non-hydrogen) atoms. The van der Waals surface area contributed by atoms with Crippen LogP contribution in [0.3, 0.4) is 0 Å². The molecule has 13 N–H and O–H groups in total. The second-order valence-corrected chi connectivity index (χ2v) is 32.9. The smallest absolute Gasteiger partial charge is 0.435 e. The number of halogens is 7. The number of nitrogen functional groups attached to an aromatic ring is 3. The lowest BCUT2D eigenvalue weighted by molar-refractivity contribution is 0.0511. The number of fused-ring (bicyclic) bond motifs is 4. The molecular weight excluding hydrogens is 1910 g/mol. The minimum atomic E-state index is -0.639. The van der Waals surface area contributed by atoms with Crippen molar-refractivity contribution in [1.29, 1.82) is 0 Å². The Hall–Kier alpha value is -15.7. The number of pyridine rings is 5. The maximum atomic E-state index is 12.5. The highest BCUT2D eigenvalue weighted by Crippen LogP contribution is 2.38. The number of anilines is 17. The molecule has 0 amide bonds. The normalized spacial score (nSPS) is 11.2. The molecule has 0 unspecified atom stereocenters. The van der Waals surface area contributed by atoms with E-state index >= 15 is 0 Å². The number of hydrogen-bond acceptors (Lipinski definition) is 37. The number of aromatic nitrogens is 19. The standard InChI is InChI=1S/C22H22ClN7O3.2C18H15ClN6O.C13H15BrN2O3.C9H8ClN5.C5H3ClFN.C4H6N4/c1-22(2,3)33-21(31)30-16-9-17(32-4)15(7-13(16)11-27-30)28-19-10-20(26-12-25-19)29-18-8-14(23)5-6-24-18;2*1-26-15-5-12-9-20-8-11(12)4-14(15)24-17-7-18(23-10-22-17)25-16-6-13(19)2-3-21-16;1-13(2,3)19-12(17)16-10-6-11(18-4)9(14)5-8(10)7-15-16;10-6-1-2-12-8(3-6)15-9-4-7(11)13-5-14-9;6-4-1-2-8-5(7)3-4;5-3-1-4(6)8-2-7-3/h5-12H,1-4H3,(H2,24,25,26,28,29);2*2-8,10H,9H2,1H3,(H2,21,22,23,24,25);5-7H,1-4H3;1-5H,(H3,11,12,13,14,15);1-3H;1-2H,(H4,5,6,7,8). The van der Waals surface area contributed by atoms with E-state index in [2.05, 4.69) is 148 Å². The van der Waals surface area contributed by atoms with Crippen molar-refractivity contribution in [3.8, 4) is 23.0 Å². The number of methoxy groups -OCH3 is 4. The molecule has 0 fully saturated rings. The van der Waals surface area contributed by atoms with Gasteiger partial charge in [-0.3, -0.25) is 9.98 Å². The summed E-state index contributed by atoms with van der Waals surface area (Å²) in [5.41, 5.74) is 22.7. The summed E-state index contributed by atoms with van der Waals surface area (Å²) in [4.78, 5) is 93.5. The van der Waals surface area contributed by atoms with Crippen LogP contribution in [-0.4, -0.2) is 159 Å². The number of nitrogens with one attached hydrogen (secondary N) is 7. The monoisotopic (exact) mass is 1990 g/mol. The third-order valence-electron chi connectivity index (χ3n) is 17.6. The predicted octanol–water partition coefficient (Wildman–Crippen LogP) is 20.0. The predicted molar refractivity (Wildman–Crippen MR) is 525 cm³/mol. The number of rotatable bonds is 18. The van der Waals surface area contributed by atoms with Crippen molar-refractivity contribution >= 4 is 219 Å². The van der Waals surface area contributed by atoms with Crippen molar-refractivity contribution in [3.63, 3.8) is 0 Å². The first-order chi connectivity index (χ1) is 64.8. The molecule has 2 aliphatic rings. The van der Waals surface area contributed by atoms with Crippen LogP contribution < -0.4 is 73.4 Å². The Morgan fingerprint density at radius 3 is 0.993 bits per heavy atom. The zero-order valence-electron chi connectivity index (χ0n) is 73.3. The Labute approximate surface area is 804 Å². The van der Waals surface area contributed by atoms with Crippen LogP contribution in [0, 0.1) is 5.95 Å². The van der Waals surface area contributed by atoms with Crippen molar-refractivity contribution < 1.29 is 42.4 Å². The van der Waals surface area contributed by atoms with E-state index in [1.807, 2.05) is 69.6 Å². The third kappa shape index (κ3) is 29.7. The van der Waals surface area contributed by atoms with Gasteiger partial charge in [0.25, 0.3) is 0 Å². The van der Waals surface area contributed by atoms with Crippen molar-refractivity contribution in [2.45, 2.75) is 65.8 Å². The summed E-state index contributed by atoms with van der Waals surface area (Å²) >= 11 is 32.5. The van der Waals surface area contributed by atoms with Gasteiger partial charge in [-0.05, 0) is 171 Å². The first kappa shape index (κ1) is 98.3. The molecule has 0 bridgehead atoms. The lowest BCUT2D eigenvalue weighted by Gasteiger charge is -2.19. The first-order valence-corrected chi connectivity index (χ1v) is 42.6. The third-order valence-corrected chi connectivity index (χ3v) is 19.4. The van der Waals surface area contributed by atoms with Crippen molar-refractivity contribution in [2.24, 2.45) is 9.98 Å². The van der Waals surface area contributed by atoms with Gasteiger partial charge in [-0.1, -0.05) is 58.0 Å². The Kier molecular flexibility index (Phi) is 33.8. The number of hydrogen-bond donors (Lipinski definition) is 10. The summed E-state index contributed by atoms with van der Waals surface area (Å²) in [6, 6.07) is 39.8. The topological polar surface area (TPSA) is 505 Å². The van der Waals surface area contributed by atoms with Gasteiger partial charge in [0.05, 0.1) is 86.5 Å². The summed E-state index contributed by atoms with van der Waals surface area (Å²) in [6.07, 6.45) is 20.7. The van der Waals surface area contributed by atoms with Gasteiger partial charge in [-0.25, -0.2) is 84.3 Å². The van der Waals surface area contributed by atoms with Crippen LogP contribution >= 0.6 is 73.9 Å². The molecule has 4 aromatic carbocycles. The largest absolute Gasteiger partial charge is 0.495 e. The zero-order chi connectivity index (χ0) is 96.3. The van der Waals surface area contributed by atoms with Crippen LogP contribution in [-0.2, 0) is 22.6 Å². The number of benzene rings is 4. The fraction of sp³-hybridized carbons (Fsp3) is 0.157. The highest BCUT2D eigenvalue weighted by Gasteiger charge is 2.25. The molecule has 12 aromatic heterocycles. The van der Waals surface area contributed by atoms with E-state index in [1.165, 1.54) is 66.4 Å². The van der Waals surface area contributed by atoms with E-state index in [1.54, 1.807) is 164 Å². The van der Waals surface area contributed by atoms with E-state index in [0.29, 0.717) is 148 Å². The van der Waals surface area contributed by atoms with Gasteiger partial charge < -0.3 is 82.8 Å². The fourth-order valence-electron chi connectivity index (χ4n) is 11.7. The van der Waals surface area contributed by atoms with Gasteiger partial charge in [0.15, 0.2) is 0 Å². The lowest BCUT2D eigenvalue weighted by Crippen LogP contribution is -2.27. The van der Waals surface area contributed by atoms with Crippen molar-refractivity contribution in [2.75, 3.05) is 82.9 Å². The summed E-state index contributed by atoms with van der Waals surface area (Å²) in [5.74, 6) is 9.70. The van der Waals surface area contributed by atoms with Crippen molar-refractivity contribution in [3.05, 3.63) is 272 Å². The summed E-state index contributed by atoms with van der Waals surface area (Å²) < 4.78 is 47.7. The summed E-state index contributed by atoms with van der Waals surface area (Å²) in [6.45, 7) is 12.2. The minimum Gasteiger partial charge on any atom is -0.495 e. The van der Waals surface area contributed by atoms with Crippen LogP contribution in [0.4, 0.5) is 112 Å². The summed E-state index contributed by atoms with van der Waals surface area (Å²) in [5, 5.41) is 34.5. The molecule has 0 radical (unpaired) electrons. The van der Waals surface area contributed by atoms with E-state index in [0.717, 1.165) is 66.4 Å². The van der Waals surface area contributed by atoms with Gasteiger partial charge in [-0.2, -0.15) is 24.0 Å². The van der Waals surface area contributed by atoms with Crippen LogP contribution in [0.1, 0.15) is 63.8 Å². The number of carbonyl (C=O) groups excluding carboxylic acids is 2. The molecule has 0 saturated carbocycles. The minimum absolute atomic E-state index is 0.373. The Balaban J connectivity index is 0.000000148. The second-order valence-electron chi connectivity index (χ2n) is 29.8. The van der Waals surface area contributed by atoms with E-state index in [4.69, 9.17) is 104 Å². The van der Waals surface area contributed by atoms with Crippen LogP contribution in [0.15, 0.2) is 229 Å². The Morgan fingerprint density at radius 1 is 0.363 bits per heavy atom. The molecule has 0 aliphatic carbocycles. The molecule has 0 atom stereocenters. The molecule has 46 heteroatoms. The molecular formula is C89H84BrCl5FN31O8. The Bertz CT molecular complexity index is 6640. The number of nitrogens with two attached hydrogens (primary N) is 3. The molecule has 18 rings (SSSR count). The van der Waals surface area contributed by atoms with Gasteiger partial charge in [0.2, 0.25) is 5.95 Å². The highest BCUT2D eigenvalue weighted by atomic mass is 79.9. The molecule has 0 saturated heterocycles. The highest BCUT2D eigenvalue weighted by molar-refractivity contribution is 9.10. The second kappa shape index (κ2) is 46.4. The maximum absolute atomic E-state index is 12.5. The van der Waals surface area contributed by atoms with E-state index in [-0.39, 0.29) is 0 Å². The molecule has 39 nitrogen and oxygen atoms in total. The number of nitrogens with zero attached hydrogens (tertiary/aromatic N) is 21. The molecule has 14 heterocycles.